The van der Waals surface area contributed by atoms with Crippen molar-refractivity contribution >= 4 is 39.2 Å². The van der Waals surface area contributed by atoms with Crippen LogP contribution in [0.4, 0.5) is 0 Å². The van der Waals surface area contributed by atoms with Crippen molar-refractivity contribution in [2.45, 2.75) is 11.5 Å². The summed E-state index contributed by atoms with van der Waals surface area (Å²) in [5, 5.41) is 0.554. The molecule has 0 fully saturated rings. The number of hydrogen-bond acceptors (Lipinski definition) is 4. The lowest BCUT2D eigenvalue weighted by atomic mass is 10.2. The van der Waals surface area contributed by atoms with Gasteiger partial charge in [-0.2, -0.15) is 0 Å². The summed E-state index contributed by atoms with van der Waals surface area (Å²) >= 11 is 11.7. The molecule has 0 aliphatic rings. The van der Waals surface area contributed by atoms with Gasteiger partial charge in [-0.05, 0) is 42.9 Å². The van der Waals surface area contributed by atoms with Crippen LogP contribution in [0.3, 0.4) is 0 Å². The number of nitrogens with one attached hydrogen (secondary N) is 1. The maximum absolute atomic E-state index is 12.1. The SMILES string of the molecule is CNS(=O)(=O)c1cc(C(=O)OCc2cccc(Cl)c2)ccc1Cl. The molecule has 0 saturated carbocycles. The van der Waals surface area contributed by atoms with Gasteiger partial charge in [0.05, 0.1) is 10.6 Å². The number of carbonyl (C=O) groups excluding carboxylic acids is 1. The van der Waals surface area contributed by atoms with Gasteiger partial charge in [0, 0.05) is 5.02 Å². The van der Waals surface area contributed by atoms with Gasteiger partial charge in [0.25, 0.3) is 0 Å². The summed E-state index contributed by atoms with van der Waals surface area (Å²) in [5.41, 5.74) is 0.813. The van der Waals surface area contributed by atoms with E-state index in [1.165, 1.54) is 25.2 Å². The zero-order valence-corrected chi connectivity index (χ0v) is 14.4. The second kappa shape index (κ2) is 7.31. The largest absolute Gasteiger partial charge is 0.457 e. The van der Waals surface area contributed by atoms with Crippen molar-refractivity contribution in [3.8, 4) is 0 Å². The van der Waals surface area contributed by atoms with Crippen LogP contribution in [-0.4, -0.2) is 21.4 Å². The van der Waals surface area contributed by atoms with E-state index in [4.69, 9.17) is 27.9 Å². The summed E-state index contributed by atoms with van der Waals surface area (Å²) in [4.78, 5) is 11.9. The Bertz CT molecular complexity index is 837. The molecular weight excluding hydrogens is 361 g/mol. The van der Waals surface area contributed by atoms with Crippen LogP contribution in [0.5, 0.6) is 0 Å². The number of ether oxygens (including phenoxy) is 1. The second-order valence-corrected chi connectivity index (χ2v) is 7.26. The van der Waals surface area contributed by atoms with E-state index in [-0.39, 0.29) is 22.1 Å². The zero-order chi connectivity index (χ0) is 17.0. The first-order valence-electron chi connectivity index (χ1n) is 6.48. The number of benzene rings is 2. The van der Waals surface area contributed by atoms with Crippen LogP contribution in [0.2, 0.25) is 10.0 Å². The number of halogens is 2. The maximum Gasteiger partial charge on any atom is 0.338 e. The minimum Gasteiger partial charge on any atom is -0.457 e. The molecule has 8 heteroatoms. The molecule has 1 N–H and O–H groups in total. The van der Waals surface area contributed by atoms with Gasteiger partial charge < -0.3 is 4.74 Å². The third kappa shape index (κ3) is 4.45. The summed E-state index contributed by atoms with van der Waals surface area (Å²) in [5.74, 6) is -0.658. The molecule has 5 nitrogen and oxygen atoms in total. The molecule has 23 heavy (non-hydrogen) atoms. The van der Waals surface area contributed by atoms with Gasteiger partial charge in [0.2, 0.25) is 10.0 Å². The van der Waals surface area contributed by atoms with Crippen molar-refractivity contribution in [1.29, 1.82) is 0 Å². The number of hydrogen-bond donors (Lipinski definition) is 1. The van der Waals surface area contributed by atoms with Crippen molar-refractivity contribution in [3.05, 3.63) is 63.6 Å². The van der Waals surface area contributed by atoms with Gasteiger partial charge in [-0.25, -0.2) is 17.9 Å². The standard InChI is InChI=1S/C15H13Cl2NO4S/c1-18-23(20,21)14-8-11(5-6-13(14)17)15(19)22-9-10-3-2-4-12(16)7-10/h2-8,18H,9H2,1H3. The minimum atomic E-state index is -3.76. The molecule has 0 saturated heterocycles. The normalized spacial score (nSPS) is 11.3. The molecule has 0 unspecified atom stereocenters. The predicted molar refractivity (Wildman–Crippen MR) is 88.3 cm³/mol. The maximum atomic E-state index is 12.1. The van der Waals surface area contributed by atoms with Gasteiger partial charge in [-0.15, -0.1) is 0 Å². The van der Waals surface area contributed by atoms with Gasteiger partial charge in [0.15, 0.2) is 0 Å². The average Bonchev–Trinajstić information content (AvgIpc) is 2.53. The Morgan fingerprint density at radius 2 is 1.91 bits per heavy atom. The summed E-state index contributed by atoms with van der Waals surface area (Å²) in [7, 11) is -2.51. The molecule has 2 aromatic carbocycles. The smallest absolute Gasteiger partial charge is 0.338 e. The molecule has 0 atom stereocenters. The molecule has 0 aromatic heterocycles. The third-order valence-corrected chi connectivity index (χ3v) is 5.12. The van der Waals surface area contributed by atoms with Crippen molar-refractivity contribution < 1.29 is 17.9 Å². The van der Waals surface area contributed by atoms with Crippen LogP contribution >= 0.6 is 23.2 Å². The molecule has 0 bridgehead atoms. The van der Waals surface area contributed by atoms with Crippen molar-refractivity contribution in [2.75, 3.05) is 7.05 Å². The molecule has 0 spiro atoms. The lowest BCUT2D eigenvalue weighted by molar-refractivity contribution is 0.0472. The van der Waals surface area contributed by atoms with Crippen molar-refractivity contribution in [2.24, 2.45) is 0 Å². The van der Waals surface area contributed by atoms with Crippen LogP contribution < -0.4 is 4.72 Å². The summed E-state index contributed by atoms with van der Waals surface area (Å²) in [6, 6.07) is 10.8. The highest BCUT2D eigenvalue weighted by molar-refractivity contribution is 7.89. The molecule has 2 rings (SSSR count). The topological polar surface area (TPSA) is 72.5 Å². The number of carbonyl (C=O) groups is 1. The lowest BCUT2D eigenvalue weighted by Gasteiger charge is -2.09. The fourth-order valence-corrected chi connectivity index (χ4v) is 3.27. The van der Waals surface area contributed by atoms with Gasteiger partial charge in [0.1, 0.15) is 11.5 Å². The van der Waals surface area contributed by atoms with Crippen LogP contribution in [0.1, 0.15) is 15.9 Å². The van der Waals surface area contributed by atoms with Crippen LogP contribution in [0.15, 0.2) is 47.4 Å². The molecule has 0 amide bonds. The Balaban J connectivity index is 2.18. The summed E-state index contributed by atoms with van der Waals surface area (Å²) in [6.07, 6.45) is 0. The highest BCUT2D eigenvalue weighted by atomic mass is 35.5. The Hall–Kier alpha value is -1.60. The Kier molecular flexibility index (Phi) is 5.64. The monoisotopic (exact) mass is 373 g/mol. The first-order chi connectivity index (χ1) is 10.8. The lowest BCUT2D eigenvalue weighted by Crippen LogP contribution is -2.19. The van der Waals surface area contributed by atoms with Gasteiger partial charge in [-0.1, -0.05) is 35.3 Å². The Morgan fingerprint density at radius 3 is 2.57 bits per heavy atom. The van der Waals surface area contributed by atoms with Gasteiger partial charge >= 0.3 is 5.97 Å². The average molecular weight is 374 g/mol. The van der Waals surface area contributed by atoms with E-state index in [2.05, 4.69) is 4.72 Å². The first kappa shape index (κ1) is 17.7. The summed E-state index contributed by atoms with van der Waals surface area (Å²) < 4.78 is 31.0. The Morgan fingerprint density at radius 1 is 1.17 bits per heavy atom. The van der Waals surface area contributed by atoms with Crippen LogP contribution in [0.25, 0.3) is 0 Å². The van der Waals surface area contributed by atoms with Crippen molar-refractivity contribution in [3.63, 3.8) is 0 Å². The second-order valence-electron chi connectivity index (χ2n) is 4.56. The fourth-order valence-electron chi connectivity index (χ4n) is 1.81. The molecule has 0 radical (unpaired) electrons. The van der Waals surface area contributed by atoms with E-state index in [0.29, 0.717) is 5.02 Å². The minimum absolute atomic E-state index is 0.0192. The van der Waals surface area contributed by atoms with Gasteiger partial charge in [-0.3, -0.25) is 0 Å². The van der Waals surface area contributed by atoms with E-state index < -0.39 is 16.0 Å². The molecular formula is C15H13Cl2NO4S. The molecule has 0 aliphatic heterocycles. The number of sulfonamides is 1. The first-order valence-corrected chi connectivity index (χ1v) is 8.72. The molecule has 122 valence electrons. The fraction of sp³-hybridized carbons (Fsp3) is 0.133. The zero-order valence-electron chi connectivity index (χ0n) is 12.0. The third-order valence-electron chi connectivity index (χ3n) is 2.98. The highest BCUT2D eigenvalue weighted by Gasteiger charge is 2.19. The number of esters is 1. The predicted octanol–water partition coefficient (Wildman–Crippen LogP) is 3.26. The van der Waals surface area contributed by atoms with E-state index in [1.54, 1.807) is 24.3 Å². The molecule has 0 heterocycles. The van der Waals surface area contributed by atoms with E-state index >= 15 is 0 Å². The van der Waals surface area contributed by atoms with Crippen LogP contribution in [-0.2, 0) is 21.4 Å². The Labute approximate surface area is 144 Å². The van der Waals surface area contributed by atoms with E-state index in [9.17, 15) is 13.2 Å². The highest BCUT2D eigenvalue weighted by Crippen LogP contribution is 2.23. The number of rotatable bonds is 5. The van der Waals surface area contributed by atoms with Crippen molar-refractivity contribution in [1.82, 2.24) is 4.72 Å². The quantitative estimate of drug-likeness (QED) is 0.816. The van der Waals surface area contributed by atoms with E-state index in [0.717, 1.165) is 5.56 Å². The molecule has 2 aromatic rings. The van der Waals surface area contributed by atoms with Crippen LogP contribution in [0, 0.1) is 0 Å². The summed E-state index contributed by atoms with van der Waals surface area (Å²) in [6.45, 7) is 0.0239. The van der Waals surface area contributed by atoms with E-state index in [1.807, 2.05) is 0 Å². The molecule has 0 aliphatic carbocycles.